The lowest BCUT2D eigenvalue weighted by molar-refractivity contribution is 0.0690. The first kappa shape index (κ1) is 23.5. The van der Waals surface area contributed by atoms with Crippen LogP contribution in [-0.2, 0) is 6.54 Å². The van der Waals surface area contributed by atoms with Gasteiger partial charge in [0.15, 0.2) is 0 Å². The molecule has 0 spiro atoms. The van der Waals surface area contributed by atoms with Gasteiger partial charge in [0.05, 0.1) is 18.9 Å². The van der Waals surface area contributed by atoms with Crippen molar-refractivity contribution in [2.45, 2.75) is 32.5 Å². The van der Waals surface area contributed by atoms with Crippen LogP contribution in [0.2, 0.25) is 0 Å². The molecule has 3 heterocycles. The van der Waals surface area contributed by atoms with Gasteiger partial charge in [-0.05, 0) is 43.7 Å². The van der Waals surface area contributed by atoms with E-state index in [1.165, 1.54) is 18.6 Å². The molecule has 0 radical (unpaired) electrons. The standard InChI is InChI=1S/C25H23N5O5/c1-15(2)30-21(13-29(25(30)35)12-20-22(31)23(32)28-14-27-20)18-8-5-16(6-9-18)3-4-17-7-10-19(24(33)34)26-11-17/h5-11,14-15,21,31H,12-13H2,1-2H3,(H,33,34)(H,27,28,32). The molecule has 1 unspecified atom stereocenters. The maximum Gasteiger partial charge on any atom is 0.354 e. The number of aromatic carboxylic acids is 1. The van der Waals surface area contributed by atoms with E-state index in [1.54, 1.807) is 15.9 Å². The molecule has 1 atom stereocenters. The minimum absolute atomic E-state index is 0.0204. The molecular formula is C25H23N5O5. The number of carbonyl (C=O) groups is 2. The molecule has 2 amide bonds. The van der Waals surface area contributed by atoms with Crippen molar-refractivity contribution in [3.05, 3.63) is 87.4 Å². The average molecular weight is 473 g/mol. The molecule has 10 nitrogen and oxygen atoms in total. The highest BCUT2D eigenvalue weighted by molar-refractivity contribution is 5.85. The second-order valence-corrected chi connectivity index (χ2v) is 8.32. The highest BCUT2D eigenvalue weighted by atomic mass is 16.4. The van der Waals surface area contributed by atoms with Crippen LogP contribution in [0.15, 0.2) is 53.7 Å². The molecule has 1 aromatic carbocycles. The van der Waals surface area contributed by atoms with E-state index in [0.29, 0.717) is 12.1 Å². The number of H-pyrrole nitrogens is 1. The number of urea groups is 1. The van der Waals surface area contributed by atoms with Crippen molar-refractivity contribution < 1.29 is 19.8 Å². The van der Waals surface area contributed by atoms with Crippen LogP contribution < -0.4 is 5.56 Å². The van der Waals surface area contributed by atoms with E-state index in [2.05, 4.69) is 26.8 Å². The van der Waals surface area contributed by atoms with Gasteiger partial charge in [0, 0.05) is 29.9 Å². The number of rotatable bonds is 5. The van der Waals surface area contributed by atoms with Crippen LogP contribution in [0.1, 0.15) is 52.8 Å². The molecule has 1 fully saturated rings. The predicted molar refractivity (Wildman–Crippen MR) is 126 cm³/mol. The van der Waals surface area contributed by atoms with Crippen molar-refractivity contribution in [2.24, 2.45) is 0 Å². The third kappa shape index (κ3) is 4.99. The summed E-state index contributed by atoms with van der Waals surface area (Å²) < 4.78 is 0. The van der Waals surface area contributed by atoms with Crippen molar-refractivity contribution in [2.75, 3.05) is 6.54 Å². The number of pyridine rings is 1. The van der Waals surface area contributed by atoms with E-state index < -0.39 is 17.3 Å². The van der Waals surface area contributed by atoms with Crippen LogP contribution in [0.5, 0.6) is 5.75 Å². The fourth-order valence-corrected chi connectivity index (χ4v) is 3.90. The molecule has 0 bridgehead atoms. The van der Waals surface area contributed by atoms with Gasteiger partial charge in [-0.3, -0.25) is 4.79 Å². The van der Waals surface area contributed by atoms with Crippen molar-refractivity contribution in [1.29, 1.82) is 0 Å². The number of benzene rings is 1. The lowest BCUT2D eigenvalue weighted by Gasteiger charge is -2.27. The molecule has 0 saturated carbocycles. The zero-order chi connectivity index (χ0) is 25.1. The summed E-state index contributed by atoms with van der Waals surface area (Å²) in [6.07, 6.45) is 2.61. The van der Waals surface area contributed by atoms with Gasteiger partial charge in [-0.2, -0.15) is 0 Å². The Kier molecular flexibility index (Phi) is 6.51. The largest absolute Gasteiger partial charge is 0.502 e. The number of carboxylic acids is 1. The van der Waals surface area contributed by atoms with Gasteiger partial charge in [0.25, 0.3) is 5.56 Å². The Morgan fingerprint density at radius 3 is 2.43 bits per heavy atom. The summed E-state index contributed by atoms with van der Waals surface area (Å²) in [5.41, 5.74) is 1.73. The van der Waals surface area contributed by atoms with Gasteiger partial charge < -0.3 is 25.0 Å². The number of aromatic nitrogens is 3. The summed E-state index contributed by atoms with van der Waals surface area (Å²) in [6.45, 7) is 4.26. The predicted octanol–water partition coefficient (Wildman–Crippen LogP) is 2.36. The zero-order valence-corrected chi connectivity index (χ0v) is 19.1. The summed E-state index contributed by atoms with van der Waals surface area (Å²) in [7, 11) is 0. The summed E-state index contributed by atoms with van der Waals surface area (Å²) >= 11 is 0. The second-order valence-electron chi connectivity index (χ2n) is 8.32. The molecule has 3 N–H and O–H groups in total. The van der Waals surface area contributed by atoms with Crippen LogP contribution in [0.4, 0.5) is 4.79 Å². The normalized spacial score (nSPS) is 15.3. The molecule has 35 heavy (non-hydrogen) atoms. The lowest BCUT2D eigenvalue weighted by Crippen LogP contribution is -2.37. The molecule has 10 heteroatoms. The number of amides is 2. The Balaban J connectivity index is 1.52. The smallest absolute Gasteiger partial charge is 0.354 e. The highest BCUT2D eigenvalue weighted by Gasteiger charge is 2.39. The van der Waals surface area contributed by atoms with Crippen LogP contribution in [-0.4, -0.2) is 59.6 Å². The Labute approximate surface area is 200 Å². The van der Waals surface area contributed by atoms with E-state index in [9.17, 15) is 19.5 Å². The lowest BCUT2D eigenvalue weighted by atomic mass is 10.0. The summed E-state index contributed by atoms with van der Waals surface area (Å²) in [5.74, 6) is 4.40. The van der Waals surface area contributed by atoms with Crippen molar-refractivity contribution in [1.82, 2.24) is 24.8 Å². The number of aromatic hydroxyl groups is 1. The number of nitrogens with one attached hydrogen (secondary N) is 1. The van der Waals surface area contributed by atoms with Crippen molar-refractivity contribution >= 4 is 12.0 Å². The topological polar surface area (TPSA) is 140 Å². The van der Waals surface area contributed by atoms with Crippen LogP contribution in [0.3, 0.4) is 0 Å². The number of aromatic amines is 1. The summed E-state index contributed by atoms with van der Waals surface area (Å²) in [5, 5.41) is 18.9. The van der Waals surface area contributed by atoms with E-state index >= 15 is 0 Å². The second kappa shape index (κ2) is 9.69. The van der Waals surface area contributed by atoms with Gasteiger partial charge in [-0.25, -0.2) is 19.6 Å². The molecule has 1 aliphatic heterocycles. The molecule has 3 aromatic rings. The minimum atomic E-state index is -1.09. The quantitative estimate of drug-likeness (QED) is 0.483. The minimum Gasteiger partial charge on any atom is -0.502 e. The average Bonchev–Trinajstić information content (AvgIpc) is 3.17. The summed E-state index contributed by atoms with van der Waals surface area (Å²) in [4.78, 5) is 49.2. The molecule has 4 rings (SSSR count). The van der Waals surface area contributed by atoms with E-state index in [0.717, 1.165) is 11.1 Å². The maximum atomic E-state index is 13.1. The molecule has 0 aliphatic carbocycles. The number of carbonyl (C=O) groups excluding carboxylic acids is 1. The van der Waals surface area contributed by atoms with E-state index in [1.807, 2.05) is 38.1 Å². The fourth-order valence-electron chi connectivity index (χ4n) is 3.90. The first-order valence-electron chi connectivity index (χ1n) is 10.9. The van der Waals surface area contributed by atoms with Gasteiger partial charge in [-0.1, -0.05) is 24.0 Å². The molecule has 1 aliphatic rings. The Morgan fingerprint density at radius 1 is 1.11 bits per heavy atom. The fraction of sp³-hybridized carbons (Fsp3) is 0.240. The molecule has 2 aromatic heterocycles. The molecule has 178 valence electrons. The number of hydrogen-bond acceptors (Lipinski definition) is 6. The van der Waals surface area contributed by atoms with E-state index in [4.69, 9.17) is 5.11 Å². The van der Waals surface area contributed by atoms with E-state index in [-0.39, 0.29) is 36.0 Å². The van der Waals surface area contributed by atoms with Gasteiger partial charge >= 0.3 is 12.0 Å². The van der Waals surface area contributed by atoms with Crippen LogP contribution in [0.25, 0.3) is 0 Å². The Bertz CT molecular complexity index is 1370. The first-order valence-corrected chi connectivity index (χ1v) is 10.9. The van der Waals surface area contributed by atoms with Gasteiger partial charge in [-0.15, -0.1) is 0 Å². The SMILES string of the molecule is CC(C)N1C(=O)N(Cc2nc[nH]c(=O)c2O)CC1c1ccc(C#Cc2ccc(C(=O)O)nc2)cc1. The zero-order valence-electron chi connectivity index (χ0n) is 19.1. The third-order valence-corrected chi connectivity index (χ3v) is 5.65. The van der Waals surface area contributed by atoms with Gasteiger partial charge in [0.1, 0.15) is 11.4 Å². The Hall–Kier alpha value is -4.65. The summed E-state index contributed by atoms with van der Waals surface area (Å²) in [6, 6.07) is 10.1. The Morgan fingerprint density at radius 2 is 1.80 bits per heavy atom. The third-order valence-electron chi connectivity index (χ3n) is 5.65. The maximum absolute atomic E-state index is 13.1. The monoisotopic (exact) mass is 473 g/mol. The number of carboxylic acid groups (broad SMARTS) is 1. The first-order chi connectivity index (χ1) is 16.7. The number of hydrogen-bond donors (Lipinski definition) is 3. The molecule has 1 saturated heterocycles. The van der Waals surface area contributed by atoms with Crippen LogP contribution in [0, 0.1) is 11.8 Å². The van der Waals surface area contributed by atoms with Crippen molar-refractivity contribution in [3.8, 4) is 17.6 Å². The van der Waals surface area contributed by atoms with Crippen LogP contribution >= 0.6 is 0 Å². The molecular weight excluding hydrogens is 450 g/mol. The van der Waals surface area contributed by atoms with Gasteiger partial charge in [0.2, 0.25) is 5.75 Å². The van der Waals surface area contributed by atoms with Crippen molar-refractivity contribution in [3.63, 3.8) is 0 Å². The highest BCUT2D eigenvalue weighted by Crippen LogP contribution is 2.32. The number of nitrogens with zero attached hydrogens (tertiary/aromatic N) is 4.